The second-order valence-electron chi connectivity index (χ2n) is 8.74. The Kier molecular flexibility index (Phi) is 8.96. The number of aryl methyl sites for hydroxylation is 1. The monoisotopic (exact) mass is 519 g/mol. The van der Waals surface area contributed by atoms with Crippen molar-refractivity contribution < 1.29 is 27.5 Å². The average Bonchev–Trinajstić information content (AvgIpc) is 2.83. The van der Waals surface area contributed by atoms with Crippen molar-refractivity contribution in [3.63, 3.8) is 0 Å². The summed E-state index contributed by atoms with van der Waals surface area (Å²) >= 11 is 0. The molecule has 9 nitrogen and oxygen atoms in total. The smallest absolute Gasteiger partial charge is 0.261 e. The number of sulfone groups is 1. The van der Waals surface area contributed by atoms with Crippen molar-refractivity contribution >= 4 is 26.5 Å². The number of aromatic nitrogens is 1. The largest absolute Gasteiger partial charge is 0.383 e. The van der Waals surface area contributed by atoms with Crippen LogP contribution in [0.4, 0.5) is 4.39 Å². The summed E-state index contributed by atoms with van der Waals surface area (Å²) in [5.41, 5.74) is 2.85. The molecule has 2 N–H and O–H groups in total. The molecule has 0 aliphatic rings. The number of likely N-dealkylation sites (N-methyl/N-ethyl adjacent to an activating group) is 1. The number of hydrogen-bond acceptors (Lipinski definition) is 7. The van der Waals surface area contributed by atoms with E-state index in [1.54, 1.807) is 37.4 Å². The molecule has 1 amide bonds. The number of ether oxygens (including phenoxy) is 1. The minimum atomic E-state index is -3.79. The molecule has 1 atom stereocenters. The van der Waals surface area contributed by atoms with Gasteiger partial charge in [-0.1, -0.05) is 18.2 Å². The lowest BCUT2D eigenvalue weighted by Crippen LogP contribution is -2.39. The van der Waals surface area contributed by atoms with Crippen molar-refractivity contribution in [1.29, 1.82) is 0 Å². The topological polar surface area (TPSA) is 118 Å². The second-order valence-corrected chi connectivity index (χ2v) is 11.0. The van der Waals surface area contributed by atoms with Crippen molar-refractivity contribution in [2.24, 2.45) is 0 Å². The molecule has 36 heavy (non-hydrogen) atoms. The molecule has 11 heteroatoms. The number of halogens is 1. The zero-order chi connectivity index (χ0) is 26.5. The summed E-state index contributed by atoms with van der Waals surface area (Å²) in [6.45, 7) is 1.85. The van der Waals surface area contributed by atoms with E-state index < -0.39 is 21.0 Å². The molecule has 194 valence electrons. The highest BCUT2D eigenvalue weighted by Gasteiger charge is 2.28. The number of pyridine rings is 1. The Hall–Kier alpha value is -3.12. The number of methoxy groups -OCH3 is 1. The molecular formula is C25H30FN3O6S. The molecule has 0 aliphatic carbocycles. The van der Waals surface area contributed by atoms with E-state index in [2.05, 4.69) is 0 Å². The minimum absolute atomic E-state index is 0.0450. The zero-order valence-corrected chi connectivity index (χ0v) is 21.2. The van der Waals surface area contributed by atoms with Crippen LogP contribution in [0.5, 0.6) is 0 Å². The van der Waals surface area contributed by atoms with Crippen LogP contribution in [0.2, 0.25) is 0 Å². The standard InChI is InChI=1S/C25H30FN3O6S/c1-28(12-13-35-2)16-17-4-6-20(22(26)14-17)18-5-7-21-19(15-18)8-10-29(25(21)31)11-9-23(24(30)27-32)36(3,33)34/h4-8,10,14-15,23,32H,9,11-13,16H2,1-3H3,(H,27,30). The van der Waals surface area contributed by atoms with Gasteiger partial charge in [0.05, 0.1) is 6.61 Å². The lowest BCUT2D eigenvalue weighted by atomic mass is 10.00. The number of hydroxylamine groups is 1. The van der Waals surface area contributed by atoms with Gasteiger partial charge in [-0.2, -0.15) is 0 Å². The Morgan fingerprint density at radius 1 is 1.22 bits per heavy atom. The zero-order valence-electron chi connectivity index (χ0n) is 20.4. The van der Waals surface area contributed by atoms with Crippen LogP contribution in [0.15, 0.2) is 53.5 Å². The first-order chi connectivity index (χ1) is 17.0. The van der Waals surface area contributed by atoms with Crippen molar-refractivity contribution in [1.82, 2.24) is 14.9 Å². The Morgan fingerprint density at radius 3 is 2.61 bits per heavy atom. The van der Waals surface area contributed by atoms with E-state index in [0.717, 1.165) is 18.4 Å². The Balaban J connectivity index is 1.83. The fraction of sp³-hybridized carbons (Fsp3) is 0.360. The molecule has 3 rings (SSSR count). The number of amides is 1. The molecule has 1 unspecified atom stereocenters. The van der Waals surface area contributed by atoms with Crippen LogP contribution in [0.25, 0.3) is 21.9 Å². The first-order valence-electron chi connectivity index (χ1n) is 11.3. The highest BCUT2D eigenvalue weighted by Crippen LogP contribution is 2.27. The number of rotatable bonds is 11. The molecule has 0 fully saturated rings. The van der Waals surface area contributed by atoms with Gasteiger partial charge in [0.2, 0.25) is 0 Å². The average molecular weight is 520 g/mol. The van der Waals surface area contributed by atoms with Gasteiger partial charge in [-0.15, -0.1) is 0 Å². The van der Waals surface area contributed by atoms with Gasteiger partial charge in [-0.3, -0.25) is 19.7 Å². The number of benzene rings is 2. The fourth-order valence-corrected chi connectivity index (χ4v) is 5.00. The number of carbonyl (C=O) groups is 1. The van der Waals surface area contributed by atoms with Gasteiger partial charge in [-0.25, -0.2) is 18.3 Å². The summed E-state index contributed by atoms with van der Waals surface area (Å²) in [4.78, 5) is 26.7. The van der Waals surface area contributed by atoms with Gasteiger partial charge < -0.3 is 9.30 Å². The van der Waals surface area contributed by atoms with Crippen LogP contribution < -0.4 is 11.0 Å². The second kappa shape index (κ2) is 11.7. The Bertz CT molecular complexity index is 1410. The van der Waals surface area contributed by atoms with E-state index in [4.69, 9.17) is 9.94 Å². The number of carbonyl (C=O) groups excluding carboxylic acids is 1. The third kappa shape index (κ3) is 6.55. The summed E-state index contributed by atoms with van der Waals surface area (Å²) in [7, 11) is -0.220. The molecule has 0 saturated heterocycles. The summed E-state index contributed by atoms with van der Waals surface area (Å²) in [5.74, 6) is -1.42. The summed E-state index contributed by atoms with van der Waals surface area (Å²) in [5, 5.41) is 8.31. The third-order valence-corrected chi connectivity index (χ3v) is 7.49. The van der Waals surface area contributed by atoms with Gasteiger partial charge in [0.15, 0.2) is 9.84 Å². The lowest BCUT2D eigenvalue weighted by molar-refractivity contribution is -0.128. The molecule has 1 heterocycles. The molecule has 0 aliphatic heterocycles. The molecule has 0 spiro atoms. The molecule has 3 aromatic rings. The maximum Gasteiger partial charge on any atom is 0.261 e. The number of nitrogens with zero attached hydrogens (tertiary/aromatic N) is 2. The predicted octanol–water partition coefficient (Wildman–Crippen LogP) is 2.19. The molecule has 0 bridgehead atoms. The molecule has 1 aromatic heterocycles. The van der Waals surface area contributed by atoms with Crippen LogP contribution in [0, 0.1) is 5.82 Å². The summed E-state index contributed by atoms with van der Waals surface area (Å²) in [6, 6.07) is 11.8. The SMILES string of the molecule is COCCN(C)Cc1ccc(-c2ccc3c(=O)n(CCC(C(=O)NO)S(C)(=O)=O)ccc3c2)c(F)c1. The molecule has 2 aromatic carbocycles. The van der Waals surface area contributed by atoms with Gasteiger partial charge in [-0.05, 0) is 54.2 Å². The van der Waals surface area contributed by atoms with Gasteiger partial charge in [0, 0.05) is 50.1 Å². The summed E-state index contributed by atoms with van der Waals surface area (Å²) < 4.78 is 45.0. The lowest BCUT2D eigenvalue weighted by Gasteiger charge is -2.16. The van der Waals surface area contributed by atoms with E-state index >= 15 is 0 Å². The Labute approximate surface area is 209 Å². The highest BCUT2D eigenvalue weighted by molar-refractivity contribution is 7.92. The van der Waals surface area contributed by atoms with Crippen LogP contribution in [0.1, 0.15) is 12.0 Å². The first kappa shape index (κ1) is 27.5. The predicted molar refractivity (Wildman–Crippen MR) is 135 cm³/mol. The van der Waals surface area contributed by atoms with E-state index in [0.29, 0.717) is 35.1 Å². The fourth-order valence-electron chi connectivity index (χ4n) is 4.03. The highest BCUT2D eigenvalue weighted by atomic mass is 32.2. The van der Waals surface area contributed by atoms with Crippen LogP contribution in [-0.4, -0.2) is 67.8 Å². The van der Waals surface area contributed by atoms with Gasteiger partial charge in [0.1, 0.15) is 11.1 Å². The molecule has 0 radical (unpaired) electrons. The molecule has 0 saturated carbocycles. The molecular weight excluding hydrogens is 489 g/mol. The van der Waals surface area contributed by atoms with Crippen LogP contribution in [-0.2, 0) is 32.5 Å². The van der Waals surface area contributed by atoms with Crippen molar-refractivity contribution in [3.05, 3.63) is 70.4 Å². The third-order valence-electron chi connectivity index (χ3n) is 6.00. The van der Waals surface area contributed by atoms with Crippen LogP contribution in [0.3, 0.4) is 0 Å². The number of hydrogen-bond donors (Lipinski definition) is 2. The Morgan fingerprint density at radius 2 is 1.97 bits per heavy atom. The van der Waals surface area contributed by atoms with Crippen molar-refractivity contribution in [2.75, 3.05) is 33.6 Å². The maximum absolute atomic E-state index is 14.9. The summed E-state index contributed by atoms with van der Waals surface area (Å²) in [6.07, 6.45) is 2.20. The van der Waals surface area contributed by atoms with E-state index in [1.165, 1.54) is 22.3 Å². The van der Waals surface area contributed by atoms with E-state index in [9.17, 15) is 22.4 Å². The first-order valence-corrected chi connectivity index (χ1v) is 13.2. The van der Waals surface area contributed by atoms with Crippen LogP contribution >= 0.6 is 0 Å². The van der Waals surface area contributed by atoms with E-state index in [1.807, 2.05) is 18.0 Å². The van der Waals surface area contributed by atoms with Gasteiger partial charge in [0.25, 0.3) is 11.5 Å². The normalized spacial score (nSPS) is 12.7. The quantitative estimate of drug-likeness (QED) is 0.295. The van der Waals surface area contributed by atoms with E-state index in [-0.39, 0.29) is 24.3 Å². The van der Waals surface area contributed by atoms with Crippen molar-refractivity contribution in [2.45, 2.75) is 24.8 Å². The number of fused-ring (bicyclic) bond motifs is 1. The number of nitrogens with one attached hydrogen (secondary N) is 1. The van der Waals surface area contributed by atoms with Gasteiger partial charge >= 0.3 is 0 Å². The maximum atomic E-state index is 14.9. The van der Waals surface area contributed by atoms with Crippen molar-refractivity contribution in [3.8, 4) is 11.1 Å². The minimum Gasteiger partial charge on any atom is -0.383 e.